The highest BCUT2D eigenvalue weighted by Gasteiger charge is 2.18. The second-order valence-corrected chi connectivity index (χ2v) is 8.72. The van der Waals surface area contributed by atoms with Crippen LogP contribution in [0.2, 0.25) is 0 Å². The molecule has 3 aromatic carbocycles. The first-order valence-electron chi connectivity index (χ1n) is 13.1. The van der Waals surface area contributed by atoms with E-state index in [0.717, 1.165) is 33.4 Å². The smallest absolute Gasteiger partial charge is 0.410 e. The first-order chi connectivity index (χ1) is 17.7. The molecule has 37 heavy (non-hydrogen) atoms. The van der Waals surface area contributed by atoms with Crippen LogP contribution in [-0.4, -0.2) is 25.2 Å². The lowest BCUT2D eigenvalue weighted by atomic mass is 9.91. The van der Waals surface area contributed by atoms with Gasteiger partial charge in [0.15, 0.2) is 0 Å². The highest BCUT2D eigenvalue weighted by atomic mass is 19.1. The van der Waals surface area contributed by atoms with E-state index in [2.05, 4.69) is 12.1 Å². The lowest BCUT2D eigenvalue weighted by Crippen LogP contribution is -2.27. The van der Waals surface area contributed by atoms with E-state index in [0.29, 0.717) is 17.9 Å². The van der Waals surface area contributed by atoms with E-state index < -0.39 is 0 Å². The number of aryl methyl sites for hydroxylation is 2. The molecule has 0 spiro atoms. The molecule has 4 nitrogen and oxygen atoms in total. The van der Waals surface area contributed by atoms with Crippen molar-refractivity contribution < 1.29 is 18.7 Å². The SMILES string of the molecule is CC.CC.COc1cc(F)c(C(C)C)cc1-c1cc(C)c(CN(C)C(=O)OCc2ccccc2)cc1C. The molecule has 0 aromatic heterocycles. The summed E-state index contributed by atoms with van der Waals surface area (Å²) in [5.74, 6) is 0.312. The average molecular weight is 510 g/mol. The van der Waals surface area contributed by atoms with Crippen LogP contribution in [0.1, 0.15) is 75.3 Å². The molecule has 0 saturated heterocycles. The third-order valence-corrected chi connectivity index (χ3v) is 5.84. The summed E-state index contributed by atoms with van der Waals surface area (Å²) >= 11 is 0. The summed E-state index contributed by atoms with van der Waals surface area (Å²) in [6.07, 6.45) is -0.373. The van der Waals surface area contributed by atoms with Crippen LogP contribution >= 0.6 is 0 Å². The zero-order valence-corrected chi connectivity index (χ0v) is 24.2. The summed E-state index contributed by atoms with van der Waals surface area (Å²) in [4.78, 5) is 14.0. The largest absolute Gasteiger partial charge is 0.496 e. The molecule has 0 aliphatic rings. The van der Waals surface area contributed by atoms with Gasteiger partial charge in [0.25, 0.3) is 0 Å². The van der Waals surface area contributed by atoms with E-state index in [1.807, 2.05) is 91.8 Å². The minimum Gasteiger partial charge on any atom is -0.496 e. The number of carbonyl (C=O) groups excluding carboxylic acids is 1. The van der Waals surface area contributed by atoms with Crippen LogP contribution in [0.25, 0.3) is 11.1 Å². The number of methoxy groups -OCH3 is 1. The molecule has 0 aliphatic heterocycles. The quantitative estimate of drug-likeness (QED) is 0.319. The maximum absolute atomic E-state index is 14.5. The molecule has 0 unspecified atom stereocenters. The molecule has 0 saturated carbocycles. The van der Waals surface area contributed by atoms with Gasteiger partial charge in [-0.2, -0.15) is 0 Å². The Morgan fingerprint density at radius 3 is 2.11 bits per heavy atom. The Morgan fingerprint density at radius 2 is 1.54 bits per heavy atom. The van der Waals surface area contributed by atoms with Gasteiger partial charge in [-0.15, -0.1) is 0 Å². The number of nitrogens with zero attached hydrogens (tertiary/aromatic N) is 1. The van der Waals surface area contributed by atoms with Gasteiger partial charge in [-0.1, -0.05) is 84.0 Å². The number of rotatable bonds is 7. The maximum Gasteiger partial charge on any atom is 0.410 e. The lowest BCUT2D eigenvalue weighted by molar-refractivity contribution is 0.103. The Kier molecular flexibility index (Phi) is 13.4. The third kappa shape index (κ3) is 8.63. The summed E-state index contributed by atoms with van der Waals surface area (Å²) in [5.41, 5.74) is 6.56. The van der Waals surface area contributed by atoms with Gasteiger partial charge < -0.3 is 14.4 Å². The highest BCUT2D eigenvalue weighted by molar-refractivity contribution is 5.75. The van der Waals surface area contributed by atoms with Crippen LogP contribution in [0.5, 0.6) is 5.75 Å². The summed E-state index contributed by atoms with van der Waals surface area (Å²) in [5, 5.41) is 0. The molecule has 0 atom stereocenters. The lowest BCUT2D eigenvalue weighted by Gasteiger charge is -2.21. The molecule has 3 aromatic rings. The standard InChI is InChI=1S/C28H32FNO3.2C2H6/c1-18(2)23-14-25(27(32-6)15-26(23)29)24-13-19(3)22(12-20(24)4)16-30(5)28(31)33-17-21-10-8-7-9-11-21;2*1-2/h7-15,18H,16-17H2,1-6H3;2*1-2H3. The fourth-order valence-electron chi connectivity index (χ4n) is 3.88. The van der Waals surface area contributed by atoms with Crippen molar-refractivity contribution in [3.8, 4) is 16.9 Å². The van der Waals surface area contributed by atoms with Crippen LogP contribution in [0.4, 0.5) is 9.18 Å². The first kappa shape index (κ1) is 31.7. The number of carbonyl (C=O) groups is 1. The Bertz CT molecular complexity index is 1130. The predicted octanol–water partition coefficient (Wildman–Crippen LogP) is 9.06. The van der Waals surface area contributed by atoms with E-state index in [1.165, 1.54) is 6.07 Å². The molecular formula is C32H44FNO3. The number of halogens is 1. The van der Waals surface area contributed by atoms with Crippen molar-refractivity contribution in [3.63, 3.8) is 0 Å². The van der Waals surface area contributed by atoms with Crippen molar-refractivity contribution in [2.24, 2.45) is 0 Å². The second-order valence-electron chi connectivity index (χ2n) is 8.72. The third-order valence-electron chi connectivity index (χ3n) is 5.84. The summed E-state index contributed by atoms with van der Waals surface area (Å²) in [6.45, 7) is 16.7. The van der Waals surface area contributed by atoms with Gasteiger partial charge >= 0.3 is 6.09 Å². The van der Waals surface area contributed by atoms with E-state index in [1.54, 1.807) is 19.1 Å². The second kappa shape index (κ2) is 15.7. The van der Waals surface area contributed by atoms with Crippen molar-refractivity contribution >= 4 is 6.09 Å². The molecule has 1 amide bonds. The van der Waals surface area contributed by atoms with E-state index in [4.69, 9.17) is 9.47 Å². The van der Waals surface area contributed by atoms with Crippen molar-refractivity contribution in [2.45, 2.75) is 74.5 Å². The number of hydrogen-bond acceptors (Lipinski definition) is 3. The summed E-state index contributed by atoms with van der Waals surface area (Å²) in [7, 11) is 3.29. The van der Waals surface area contributed by atoms with Gasteiger partial charge in [-0.25, -0.2) is 9.18 Å². The Balaban J connectivity index is 0.00000163. The van der Waals surface area contributed by atoms with Gasteiger partial charge in [-0.05, 0) is 59.2 Å². The fraction of sp³-hybridized carbons (Fsp3) is 0.406. The van der Waals surface area contributed by atoms with Gasteiger partial charge in [0, 0.05) is 25.2 Å². The zero-order chi connectivity index (χ0) is 28.1. The highest BCUT2D eigenvalue weighted by Crippen LogP contribution is 2.37. The molecule has 0 bridgehead atoms. The van der Waals surface area contributed by atoms with Crippen molar-refractivity contribution in [2.75, 3.05) is 14.2 Å². The topological polar surface area (TPSA) is 38.8 Å². The van der Waals surface area contributed by atoms with Gasteiger partial charge in [0.2, 0.25) is 0 Å². The Labute approximate surface area is 223 Å². The minimum atomic E-state index is -0.373. The minimum absolute atomic E-state index is 0.0610. The van der Waals surface area contributed by atoms with Crippen LogP contribution in [0.3, 0.4) is 0 Å². The summed E-state index contributed by atoms with van der Waals surface area (Å²) < 4.78 is 25.4. The number of amides is 1. The van der Waals surface area contributed by atoms with Crippen LogP contribution in [0.15, 0.2) is 54.6 Å². The maximum atomic E-state index is 14.5. The van der Waals surface area contributed by atoms with Crippen molar-refractivity contribution in [3.05, 3.63) is 88.2 Å². The molecule has 3 rings (SSSR count). The molecule has 202 valence electrons. The fourth-order valence-corrected chi connectivity index (χ4v) is 3.88. The first-order valence-corrected chi connectivity index (χ1v) is 13.1. The monoisotopic (exact) mass is 509 g/mol. The Hall–Kier alpha value is -3.34. The van der Waals surface area contributed by atoms with E-state index in [9.17, 15) is 9.18 Å². The molecule has 0 fully saturated rings. The van der Waals surface area contributed by atoms with Crippen LogP contribution in [-0.2, 0) is 17.9 Å². The molecule has 0 heterocycles. The molecule has 5 heteroatoms. The molecular weight excluding hydrogens is 465 g/mol. The van der Waals surface area contributed by atoms with E-state index in [-0.39, 0.29) is 24.4 Å². The molecule has 0 radical (unpaired) electrons. The van der Waals surface area contributed by atoms with E-state index >= 15 is 0 Å². The van der Waals surface area contributed by atoms with Crippen molar-refractivity contribution in [1.82, 2.24) is 4.90 Å². The summed E-state index contributed by atoms with van der Waals surface area (Å²) in [6, 6.07) is 17.1. The zero-order valence-electron chi connectivity index (χ0n) is 24.2. The van der Waals surface area contributed by atoms with Crippen molar-refractivity contribution in [1.29, 1.82) is 0 Å². The average Bonchev–Trinajstić information content (AvgIpc) is 2.91. The number of benzene rings is 3. The van der Waals surface area contributed by atoms with Crippen LogP contribution in [0, 0.1) is 19.7 Å². The van der Waals surface area contributed by atoms with Gasteiger partial charge in [-0.3, -0.25) is 0 Å². The number of hydrogen-bond donors (Lipinski definition) is 0. The Morgan fingerprint density at radius 1 is 0.919 bits per heavy atom. The normalized spacial score (nSPS) is 10.1. The molecule has 0 aliphatic carbocycles. The number of ether oxygens (including phenoxy) is 2. The predicted molar refractivity (Wildman–Crippen MR) is 153 cm³/mol. The van der Waals surface area contributed by atoms with Crippen LogP contribution < -0.4 is 4.74 Å². The molecule has 0 N–H and O–H groups in total. The van der Waals surface area contributed by atoms with Gasteiger partial charge in [0.05, 0.1) is 7.11 Å². The van der Waals surface area contributed by atoms with Gasteiger partial charge in [0.1, 0.15) is 18.2 Å².